The molecule has 34 heavy (non-hydrogen) atoms. The largest absolute Gasteiger partial charge is 0.345 e. The Hall–Kier alpha value is -3.42. The lowest BCUT2D eigenvalue weighted by Crippen LogP contribution is -2.42. The standard InChI is InChI=1S/C26H22ClN3O3S/c1-17(31)23(14-18-8-3-2-4-9-18)28-24(32)16-34-26-29-22-13-6-5-12-21(22)25(33)30(26)20-11-7-10-19(27)15-20/h2-13,15,23H,14,16H2,1H3,(H,28,32)/t23-/m0/s1. The zero-order valence-electron chi connectivity index (χ0n) is 18.4. The van der Waals surface area contributed by atoms with E-state index in [0.29, 0.717) is 33.2 Å². The normalized spacial score (nSPS) is 11.8. The van der Waals surface area contributed by atoms with Gasteiger partial charge >= 0.3 is 0 Å². The van der Waals surface area contributed by atoms with E-state index in [4.69, 9.17) is 11.6 Å². The minimum atomic E-state index is -0.629. The van der Waals surface area contributed by atoms with Gasteiger partial charge in [-0.3, -0.25) is 19.0 Å². The molecular formula is C26H22ClN3O3S. The molecule has 4 rings (SSSR count). The van der Waals surface area contributed by atoms with Crippen LogP contribution in [-0.2, 0) is 16.0 Å². The fraction of sp³-hybridized carbons (Fsp3) is 0.154. The Kier molecular flexibility index (Phi) is 7.45. The number of ketones is 1. The van der Waals surface area contributed by atoms with Crippen LogP contribution in [0.2, 0.25) is 5.02 Å². The molecule has 0 fully saturated rings. The highest BCUT2D eigenvalue weighted by atomic mass is 35.5. The number of nitrogens with one attached hydrogen (secondary N) is 1. The molecule has 1 amide bonds. The third-order valence-electron chi connectivity index (χ3n) is 5.25. The summed E-state index contributed by atoms with van der Waals surface area (Å²) < 4.78 is 1.46. The van der Waals surface area contributed by atoms with E-state index in [2.05, 4.69) is 10.3 Å². The van der Waals surface area contributed by atoms with Crippen molar-refractivity contribution in [3.63, 3.8) is 0 Å². The minimum Gasteiger partial charge on any atom is -0.345 e. The van der Waals surface area contributed by atoms with E-state index in [1.54, 1.807) is 48.5 Å². The van der Waals surface area contributed by atoms with E-state index in [-0.39, 0.29) is 23.0 Å². The van der Waals surface area contributed by atoms with Crippen LogP contribution in [0.15, 0.2) is 88.8 Å². The number of Topliss-reactive ketones (excluding diaryl/α,β-unsaturated/α-hetero) is 1. The van der Waals surface area contributed by atoms with E-state index in [1.165, 1.54) is 11.5 Å². The second kappa shape index (κ2) is 10.7. The van der Waals surface area contributed by atoms with Crippen molar-refractivity contribution in [1.29, 1.82) is 0 Å². The van der Waals surface area contributed by atoms with Gasteiger partial charge in [0.05, 0.1) is 28.4 Å². The lowest BCUT2D eigenvalue weighted by Gasteiger charge is -2.17. The highest BCUT2D eigenvalue weighted by Gasteiger charge is 2.19. The first-order chi connectivity index (χ1) is 16.4. The van der Waals surface area contributed by atoms with Gasteiger partial charge in [-0.2, -0.15) is 0 Å². The molecule has 0 unspecified atom stereocenters. The van der Waals surface area contributed by atoms with Crippen molar-refractivity contribution in [3.05, 3.63) is 99.8 Å². The van der Waals surface area contributed by atoms with Gasteiger partial charge < -0.3 is 5.32 Å². The lowest BCUT2D eigenvalue weighted by atomic mass is 10.0. The number of thioether (sulfide) groups is 1. The second-order valence-electron chi connectivity index (χ2n) is 7.74. The molecule has 0 radical (unpaired) electrons. The quantitative estimate of drug-likeness (QED) is 0.291. The Balaban J connectivity index is 1.59. The van der Waals surface area contributed by atoms with Crippen molar-refractivity contribution in [3.8, 4) is 5.69 Å². The van der Waals surface area contributed by atoms with Crippen molar-refractivity contribution < 1.29 is 9.59 Å². The smallest absolute Gasteiger partial charge is 0.266 e. The minimum absolute atomic E-state index is 0.0100. The molecule has 0 aliphatic carbocycles. The molecule has 0 saturated carbocycles. The van der Waals surface area contributed by atoms with Gasteiger partial charge in [-0.1, -0.05) is 71.9 Å². The predicted octanol–water partition coefficient (Wildman–Crippen LogP) is 4.45. The Morgan fingerprint density at radius 2 is 1.76 bits per heavy atom. The number of amides is 1. The van der Waals surface area contributed by atoms with Gasteiger partial charge in [-0.25, -0.2) is 4.98 Å². The molecule has 0 spiro atoms. The maximum atomic E-state index is 13.3. The van der Waals surface area contributed by atoms with Crippen molar-refractivity contribution >= 4 is 46.0 Å². The first kappa shape index (κ1) is 23.7. The number of para-hydroxylation sites is 1. The Labute approximate surface area is 206 Å². The topological polar surface area (TPSA) is 81.1 Å². The molecule has 1 atom stereocenters. The van der Waals surface area contributed by atoms with Crippen LogP contribution in [0.5, 0.6) is 0 Å². The first-order valence-corrected chi connectivity index (χ1v) is 12.0. The molecule has 8 heteroatoms. The summed E-state index contributed by atoms with van der Waals surface area (Å²) in [4.78, 5) is 42.8. The van der Waals surface area contributed by atoms with Crippen molar-refractivity contribution in [2.75, 3.05) is 5.75 Å². The average molecular weight is 492 g/mol. The Morgan fingerprint density at radius 3 is 2.50 bits per heavy atom. The van der Waals surface area contributed by atoms with Gasteiger partial charge in [0.25, 0.3) is 5.56 Å². The fourth-order valence-corrected chi connectivity index (χ4v) is 4.57. The number of carbonyl (C=O) groups excluding carboxylic acids is 2. The number of aromatic nitrogens is 2. The second-order valence-corrected chi connectivity index (χ2v) is 9.12. The molecule has 172 valence electrons. The van der Waals surface area contributed by atoms with Crippen LogP contribution in [0.4, 0.5) is 0 Å². The van der Waals surface area contributed by atoms with Crippen molar-refractivity contribution in [2.24, 2.45) is 0 Å². The van der Waals surface area contributed by atoms with Gasteiger partial charge in [-0.05, 0) is 49.2 Å². The number of hydrogen-bond donors (Lipinski definition) is 1. The van der Waals surface area contributed by atoms with Gasteiger partial charge in [0.1, 0.15) is 0 Å². The number of nitrogens with zero attached hydrogens (tertiary/aromatic N) is 2. The van der Waals surface area contributed by atoms with E-state index in [1.807, 2.05) is 30.3 Å². The number of benzene rings is 3. The highest BCUT2D eigenvalue weighted by Crippen LogP contribution is 2.23. The van der Waals surface area contributed by atoms with Crippen molar-refractivity contribution in [2.45, 2.75) is 24.5 Å². The van der Waals surface area contributed by atoms with E-state index in [0.717, 1.165) is 17.3 Å². The van der Waals surface area contributed by atoms with Gasteiger partial charge in [0, 0.05) is 5.02 Å². The van der Waals surface area contributed by atoms with Gasteiger partial charge in [0.2, 0.25) is 5.91 Å². The molecule has 0 aliphatic heterocycles. The summed E-state index contributed by atoms with van der Waals surface area (Å²) >= 11 is 7.29. The molecule has 1 aromatic heterocycles. The summed E-state index contributed by atoms with van der Waals surface area (Å²) in [5.74, 6) is -0.452. The van der Waals surface area contributed by atoms with Gasteiger partial charge in [-0.15, -0.1) is 0 Å². The first-order valence-electron chi connectivity index (χ1n) is 10.7. The zero-order valence-corrected chi connectivity index (χ0v) is 20.0. The highest BCUT2D eigenvalue weighted by molar-refractivity contribution is 7.99. The molecule has 0 bridgehead atoms. The monoisotopic (exact) mass is 491 g/mol. The van der Waals surface area contributed by atoms with Crippen LogP contribution in [-0.4, -0.2) is 33.0 Å². The number of rotatable bonds is 8. The third kappa shape index (κ3) is 5.55. The van der Waals surface area contributed by atoms with Gasteiger partial charge in [0.15, 0.2) is 10.9 Å². The molecule has 0 aliphatic rings. The zero-order chi connectivity index (χ0) is 24.1. The summed E-state index contributed by atoms with van der Waals surface area (Å²) in [6.45, 7) is 1.46. The summed E-state index contributed by atoms with van der Waals surface area (Å²) in [6, 6.07) is 22.9. The summed E-state index contributed by atoms with van der Waals surface area (Å²) in [6.07, 6.45) is 0.411. The van der Waals surface area contributed by atoms with Crippen LogP contribution < -0.4 is 10.9 Å². The number of carbonyl (C=O) groups is 2. The van der Waals surface area contributed by atoms with Crippen LogP contribution in [0.3, 0.4) is 0 Å². The molecule has 1 N–H and O–H groups in total. The molecule has 4 aromatic rings. The van der Waals surface area contributed by atoms with Crippen molar-refractivity contribution in [1.82, 2.24) is 14.9 Å². The van der Waals surface area contributed by atoms with E-state index >= 15 is 0 Å². The maximum absolute atomic E-state index is 13.3. The van der Waals surface area contributed by atoms with E-state index < -0.39 is 6.04 Å². The van der Waals surface area contributed by atoms with Crippen LogP contribution in [0.25, 0.3) is 16.6 Å². The molecule has 0 saturated heterocycles. The Morgan fingerprint density at radius 1 is 1.03 bits per heavy atom. The predicted molar refractivity (Wildman–Crippen MR) is 136 cm³/mol. The van der Waals surface area contributed by atoms with Crippen LogP contribution in [0, 0.1) is 0 Å². The molecule has 1 heterocycles. The average Bonchev–Trinajstić information content (AvgIpc) is 2.83. The number of hydrogen-bond acceptors (Lipinski definition) is 5. The third-order valence-corrected chi connectivity index (χ3v) is 6.43. The summed E-state index contributed by atoms with van der Waals surface area (Å²) in [5.41, 5.74) is 1.81. The SMILES string of the molecule is CC(=O)[C@H](Cc1ccccc1)NC(=O)CSc1nc2ccccc2c(=O)n1-c1cccc(Cl)c1. The molecule has 6 nitrogen and oxygen atoms in total. The summed E-state index contributed by atoms with van der Waals surface area (Å²) in [7, 11) is 0. The molecule has 3 aromatic carbocycles. The maximum Gasteiger partial charge on any atom is 0.266 e. The lowest BCUT2D eigenvalue weighted by molar-refractivity contribution is -0.125. The van der Waals surface area contributed by atoms with Crippen LogP contribution >= 0.6 is 23.4 Å². The number of halogens is 1. The molecular weight excluding hydrogens is 470 g/mol. The fourth-order valence-electron chi connectivity index (χ4n) is 3.56. The Bertz CT molecular complexity index is 1410. The van der Waals surface area contributed by atoms with Crippen LogP contribution in [0.1, 0.15) is 12.5 Å². The number of fused-ring (bicyclic) bond motifs is 1. The van der Waals surface area contributed by atoms with E-state index in [9.17, 15) is 14.4 Å². The summed E-state index contributed by atoms with van der Waals surface area (Å²) in [5, 5.41) is 4.13.